The summed E-state index contributed by atoms with van der Waals surface area (Å²) in [6, 6.07) is 9.11. The van der Waals surface area contributed by atoms with E-state index in [1.54, 1.807) is 6.07 Å². The number of rotatable bonds is 3. The highest BCUT2D eigenvalue weighted by molar-refractivity contribution is 5.78. The Morgan fingerprint density at radius 1 is 1.23 bits per heavy atom. The fourth-order valence-corrected chi connectivity index (χ4v) is 4.60. The number of nitrogens with one attached hydrogen (secondary N) is 1. The summed E-state index contributed by atoms with van der Waals surface area (Å²) in [4.78, 5) is 7.12. The zero-order valence-electron chi connectivity index (χ0n) is 17.5. The third kappa shape index (κ3) is 3.16. The molecule has 5 nitrogen and oxygen atoms in total. The molecule has 1 fully saturated rings. The van der Waals surface area contributed by atoms with Gasteiger partial charge in [-0.3, -0.25) is 0 Å². The van der Waals surface area contributed by atoms with E-state index < -0.39 is 0 Å². The second kappa shape index (κ2) is 7.27. The fraction of sp³-hybridized carbons (Fsp3) is 0.333. The predicted octanol–water partition coefficient (Wildman–Crippen LogP) is 4.69. The number of fused-ring (bicyclic) bond motifs is 1. The van der Waals surface area contributed by atoms with Gasteiger partial charge in [0.1, 0.15) is 5.82 Å². The normalized spacial score (nSPS) is 18.4. The number of piperidine rings is 1. The molecule has 5 rings (SSSR count). The van der Waals surface area contributed by atoms with E-state index >= 15 is 0 Å². The lowest BCUT2D eigenvalue weighted by Gasteiger charge is -2.30. The number of benzene rings is 1. The van der Waals surface area contributed by atoms with Crippen LogP contribution in [0.5, 0.6) is 0 Å². The van der Waals surface area contributed by atoms with Gasteiger partial charge in [-0.25, -0.2) is 14.1 Å². The standard InChI is InChI=1S/C24H26FN5/c1-15-6-5-10-29(14-15)22-9-11-30(28-22)21-12-19(23-16(2)7-4-8-18(23)25)27-20-13-26-17(3)24(20)21/h4,7-9,11-12,15,26H,3,5-6,10,13-14H2,1-2H3. The Labute approximate surface area is 176 Å². The Morgan fingerprint density at radius 3 is 2.90 bits per heavy atom. The lowest BCUT2D eigenvalue weighted by molar-refractivity contribution is 0.444. The molecule has 0 saturated carbocycles. The van der Waals surface area contributed by atoms with Gasteiger partial charge in [-0.05, 0) is 43.4 Å². The van der Waals surface area contributed by atoms with Crippen LogP contribution >= 0.6 is 0 Å². The first kappa shape index (κ1) is 18.9. The van der Waals surface area contributed by atoms with Gasteiger partial charge in [0.05, 0.1) is 23.6 Å². The zero-order chi connectivity index (χ0) is 20.8. The highest BCUT2D eigenvalue weighted by Gasteiger charge is 2.25. The van der Waals surface area contributed by atoms with Crippen LogP contribution in [0.1, 0.15) is 36.6 Å². The monoisotopic (exact) mass is 403 g/mol. The van der Waals surface area contributed by atoms with E-state index in [9.17, 15) is 4.39 Å². The topological polar surface area (TPSA) is 46.0 Å². The Balaban J connectivity index is 1.62. The van der Waals surface area contributed by atoms with Crippen molar-refractivity contribution in [2.75, 3.05) is 18.0 Å². The van der Waals surface area contributed by atoms with E-state index in [2.05, 4.69) is 29.8 Å². The molecule has 0 radical (unpaired) electrons. The van der Waals surface area contributed by atoms with Gasteiger partial charge in [-0.2, -0.15) is 5.10 Å². The molecule has 0 amide bonds. The van der Waals surface area contributed by atoms with E-state index in [0.29, 0.717) is 23.7 Å². The first-order valence-corrected chi connectivity index (χ1v) is 10.5. The number of hydrogen-bond donors (Lipinski definition) is 1. The smallest absolute Gasteiger partial charge is 0.151 e. The van der Waals surface area contributed by atoms with Gasteiger partial charge in [0.2, 0.25) is 0 Å². The molecule has 2 aromatic heterocycles. The molecular weight excluding hydrogens is 377 g/mol. The summed E-state index contributed by atoms with van der Waals surface area (Å²) in [5.74, 6) is 1.39. The van der Waals surface area contributed by atoms with E-state index in [4.69, 9.17) is 10.1 Å². The molecule has 1 saturated heterocycles. The minimum absolute atomic E-state index is 0.262. The SMILES string of the molecule is C=C1NCc2nc(-c3c(C)cccc3F)cc(-n3ccc(N4CCCC(C)C4)n3)c21. The minimum Gasteiger partial charge on any atom is -0.379 e. The lowest BCUT2D eigenvalue weighted by Crippen LogP contribution is -2.34. The van der Waals surface area contributed by atoms with Gasteiger partial charge in [-0.1, -0.05) is 25.6 Å². The summed E-state index contributed by atoms with van der Waals surface area (Å²) in [5, 5.41) is 8.16. The molecule has 1 atom stereocenters. The number of aromatic nitrogens is 3. The molecule has 0 bridgehead atoms. The van der Waals surface area contributed by atoms with Crippen LogP contribution in [0.2, 0.25) is 0 Å². The Morgan fingerprint density at radius 2 is 2.10 bits per heavy atom. The van der Waals surface area contributed by atoms with Crippen molar-refractivity contribution in [3.05, 3.63) is 65.7 Å². The maximum absolute atomic E-state index is 14.7. The van der Waals surface area contributed by atoms with Crippen molar-refractivity contribution >= 4 is 11.5 Å². The molecule has 0 spiro atoms. The van der Waals surface area contributed by atoms with Crippen LogP contribution in [-0.4, -0.2) is 27.9 Å². The maximum atomic E-state index is 14.7. The van der Waals surface area contributed by atoms with Crippen LogP contribution in [0.4, 0.5) is 10.2 Å². The van der Waals surface area contributed by atoms with Crippen molar-refractivity contribution < 1.29 is 4.39 Å². The maximum Gasteiger partial charge on any atom is 0.151 e. The molecular formula is C24H26FN5. The number of hydrogen-bond acceptors (Lipinski definition) is 4. The molecule has 2 aliphatic rings. The first-order chi connectivity index (χ1) is 14.5. The number of anilines is 1. The van der Waals surface area contributed by atoms with Crippen molar-refractivity contribution in [3.63, 3.8) is 0 Å². The Bertz CT molecular complexity index is 1110. The summed E-state index contributed by atoms with van der Waals surface area (Å²) >= 11 is 0. The van der Waals surface area contributed by atoms with Gasteiger partial charge in [0, 0.05) is 42.2 Å². The van der Waals surface area contributed by atoms with Crippen molar-refractivity contribution in [3.8, 4) is 16.9 Å². The van der Waals surface area contributed by atoms with E-state index in [-0.39, 0.29) is 5.82 Å². The second-order valence-electron chi connectivity index (χ2n) is 8.42. The van der Waals surface area contributed by atoms with E-state index in [0.717, 1.165) is 47.1 Å². The summed E-state index contributed by atoms with van der Waals surface area (Å²) in [6.45, 7) is 11.0. The summed E-state index contributed by atoms with van der Waals surface area (Å²) in [6.07, 6.45) is 4.44. The van der Waals surface area contributed by atoms with Gasteiger partial charge in [-0.15, -0.1) is 0 Å². The molecule has 0 aliphatic carbocycles. The molecule has 30 heavy (non-hydrogen) atoms. The van der Waals surface area contributed by atoms with Gasteiger partial charge < -0.3 is 10.2 Å². The predicted molar refractivity (Wildman–Crippen MR) is 118 cm³/mol. The molecule has 3 aromatic rings. The fourth-order valence-electron chi connectivity index (χ4n) is 4.60. The average molecular weight is 404 g/mol. The molecule has 1 unspecified atom stereocenters. The Hall–Kier alpha value is -3.15. The number of halogens is 1. The Kier molecular flexibility index (Phi) is 4.57. The highest BCUT2D eigenvalue weighted by atomic mass is 19.1. The van der Waals surface area contributed by atoms with Gasteiger partial charge >= 0.3 is 0 Å². The molecule has 1 N–H and O–H groups in total. The molecule has 6 heteroatoms. The van der Waals surface area contributed by atoms with Gasteiger partial charge in [0.15, 0.2) is 5.82 Å². The van der Waals surface area contributed by atoms with E-state index in [1.165, 1.54) is 18.9 Å². The first-order valence-electron chi connectivity index (χ1n) is 10.5. The van der Waals surface area contributed by atoms with Gasteiger partial charge in [0.25, 0.3) is 0 Å². The summed E-state index contributed by atoms with van der Waals surface area (Å²) in [7, 11) is 0. The van der Waals surface area contributed by atoms with Crippen LogP contribution in [0, 0.1) is 18.7 Å². The third-order valence-electron chi connectivity index (χ3n) is 6.13. The van der Waals surface area contributed by atoms with Crippen LogP contribution in [0.25, 0.3) is 22.6 Å². The average Bonchev–Trinajstić information content (AvgIpc) is 3.35. The quantitative estimate of drug-likeness (QED) is 0.689. The van der Waals surface area contributed by atoms with Crippen LogP contribution in [0.15, 0.2) is 43.1 Å². The van der Waals surface area contributed by atoms with Crippen LogP contribution in [-0.2, 0) is 6.54 Å². The highest BCUT2D eigenvalue weighted by Crippen LogP contribution is 2.34. The number of nitrogens with zero attached hydrogens (tertiary/aromatic N) is 4. The molecule has 2 aliphatic heterocycles. The molecule has 4 heterocycles. The number of pyridine rings is 1. The van der Waals surface area contributed by atoms with E-state index in [1.807, 2.05) is 29.9 Å². The zero-order valence-corrected chi connectivity index (χ0v) is 17.5. The second-order valence-corrected chi connectivity index (χ2v) is 8.42. The summed E-state index contributed by atoms with van der Waals surface area (Å²) in [5.41, 5.74) is 5.56. The number of aryl methyl sites for hydroxylation is 1. The van der Waals surface area contributed by atoms with Crippen LogP contribution in [0.3, 0.4) is 0 Å². The summed E-state index contributed by atoms with van der Waals surface area (Å²) < 4.78 is 16.6. The minimum atomic E-state index is -0.262. The van der Waals surface area contributed by atoms with Crippen molar-refractivity contribution in [1.82, 2.24) is 20.1 Å². The van der Waals surface area contributed by atoms with Crippen LogP contribution < -0.4 is 10.2 Å². The third-order valence-corrected chi connectivity index (χ3v) is 6.13. The lowest BCUT2D eigenvalue weighted by atomic mass is 10.0. The van der Waals surface area contributed by atoms with Crippen molar-refractivity contribution in [2.45, 2.75) is 33.2 Å². The van der Waals surface area contributed by atoms with Crippen molar-refractivity contribution in [2.24, 2.45) is 5.92 Å². The van der Waals surface area contributed by atoms with Crippen molar-refractivity contribution in [1.29, 1.82) is 0 Å². The molecule has 1 aromatic carbocycles. The molecule has 154 valence electrons. The largest absolute Gasteiger partial charge is 0.379 e.